The predicted molar refractivity (Wildman–Crippen MR) is 189 cm³/mol. The number of ether oxygens (including phenoxy) is 3. The van der Waals surface area contributed by atoms with Crippen molar-refractivity contribution >= 4 is 46.9 Å². The number of rotatable bonds is 12. The molecule has 0 bridgehead atoms. The van der Waals surface area contributed by atoms with Gasteiger partial charge in [-0.25, -0.2) is 9.18 Å². The van der Waals surface area contributed by atoms with Crippen LogP contribution >= 0.6 is 0 Å². The van der Waals surface area contributed by atoms with Crippen LogP contribution in [0, 0.1) is 5.82 Å². The number of hydrogen-bond acceptors (Lipinski definition) is 8. The molecule has 1 aromatic heterocycles. The van der Waals surface area contributed by atoms with Gasteiger partial charge in [0.15, 0.2) is 5.75 Å². The average molecular weight is 709 g/mol. The van der Waals surface area contributed by atoms with Gasteiger partial charge in [-0.2, -0.15) is 12.7 Å². The molecule has 14 heteroatoms. The van der Waals surface area contributed by atoms with Gasteiger partial charge in [0.05, 0.1) is 25.0 Å². The fourth-order valence-electron chi connectivity index (χ4n) is 5.53. The van der Waals surface area contributed by atoms with E-state index >= 15 is 0 Å². The Morgan fingerprint density at radius 2 is 1.67 bits per heavy atom. The summed E-state index contributed by atoms with van der Waals surface area (Å²) < 4.78 is 60.3. The van der Waals surface area contributed by atoms with Gasteiger partial charge in [0.2, 0.25) is 0 Å². The lowest BCUT2D eigenvalue weighted by molar-refractivity contribution is 0.0813. The molecule has 0 saturated heterocycles. The molecule has 0 fully saturated rings. The van der Waals surface area contributed by atoms with E-state index in [9.17, 15) is 22.4 Å². The number of carbonyl (C=O) groups is 2. The van der Waals surface area contributed by atoms with Crippen LogP contribution in [0.4, 0.5) is 14.9 Å². The number of carbonyl (C=O) groups excluding carboxylic acids is 2. The summed E-state index contributed by atoms with van der Waals surface area (Å²) in [6.07, 6.45) is 0.996. The first-order chi connectivity index (χ1) is 23.1. The minimum absolute atomic E-state index is 0.0881. The minimum Gasteiger partial charge on any atom is -0.497 e. The Hall–Kier alpha value is -4.69. The first-order valence-electron chi connectivity index (χ1n) is 15.7. The molecule has 0 N–H and O–H groups in total. The van der Waals surface area contributed by atoms with Crippen molar-refractivity contribution in [2.75, 3.05) is 39.2 Å². The molecule has 49 heavy (non-hydrogen) atoms. The second-order valence-electron chi connectivity index (χ2n) is 13.2. The molecule has 0 unspecified atom stereocenters. The summed E-state index contributed by atoms with van der Waals surface area (Å²) in [5.74, 6) is 0.184. The summed E-state index contributed by atoms with van der Waals surface area (Å²) in [7, 11) is -0.372. The molecule has 260 valence electrons. The van der Waals surface area contributed by atoms with Crippen molar-refractivity contribution in [3.63, 3.8) is 0 Å². The van der Waals surface area contributed by atoms with E-state index in [-0.39, 0.29) is 54.0 Å². The Balaban J connectivity index is 1.63. The van der Waals surface area contributed by atoms with Gasteiger partial charge in [0.1, 0.15) is 23.7 Å². The van der Waals surface area contributed by atoms with Gasteiger partial charge < -0.3 is 19.1 Å². The molecule has 2 heterocycles. The third-order valence-electron chi connectivity index (χ3n) is 8.39. The molecule has 11 nitrogen and oxygen atoms in total. The summed E-state index contributed by atoms with van der Waals surface area (Å²) in [5.41, 5.74) is 3.41. The van der Waals surface area contributed by atoms with Crippen molar-refractivity contribution in [3.05, 3.63) is 94.4 Å². The zero-order chi connectivity index (χ0) is 35.7. The molecular formula is C35H41FN4O7SSi. The summed E-state index contributed by atoms with van der Waals surface area (Å²) in [4.78, 5) is 32.9. The van der Waals surface area contributed by atoms with Crippen molar-refractivity contribution in [1.29, 1.82) is 0 Å². The highest BCUT2D eigenvalue weighted by Gasteiger charge is 2.39. The van der Waals surface area contributed by atoms with E-state index in [4.69, 9.17) is 19.2 Å². The molecule has 4 aromatic rings. The fourth-order valence-corrected chi connectivity index (χ4v) is 7.29. The van der Waals surface area contributed by atoms with Gasteiger partial charge in [-0.05, 0) is 59.5 Å². The molecule has 0 aliphatic carbocycles. The third kappa shape index (κ3) is 7.65. The number of nitrogens with zero attached hydrogens (tertiary/aromatic N) is 4. The Bertz CT molecular complexity index is 1980. The van der Waals surface area contributed by atoms with Crippen LogP contribution in [-0.4, -0.2) is 77.5 Å². The maximum atomic E-state index is 14.1. The molecule has 0 atom stereocenters. The monoisotopic (exact) mass is 708 g/mol. The van der Waals surface area contributed by atoms with E-state index in [2.05, 4.69) is 19.6 Å². The number of pyridine rings is 1. The highest BCUT2D eigenvalue weighted by atomic mass is 32.2. The van der Waals surface area contributed by atoms with Crippen LogP contribution in [0.2, 0.25) is 25.7 Å². The maximum absolute atomic E-state index is 14.1. The summed E-state index contributed by atoms with van der Waals surface area (Å²) in [5, 5.41) is 0.401. The summed E-state index contributed by atoms with van der Waals surface area (Å²) in [6, 6.07) is 15.8. The lowest BCUT2D eigenvalue weighted by Gasteiger charge is -2.29. The Morgan fingerprint density at radius 1 is 1.02 bits per heavy atom. The largest absolute Gasteiger partial charge is 0.497 e. The number of anilines is 1. The van der Waals surface area contributed by atoms with E-state index in [0.717, 1.165) is 22.5 Å². The van der Waals surface area contributed by atoms with Crippen molar-refractivity contribution in [2.45, 2.75) is 45.3 Å². The van der Waals surface area contributed by atoms with E-state index in [0.29, 0.717) is 39.0 Å². The zero-order valence-electron chi connectivity index (χ0n) is 28.7. The highest BCUT2D eigenvalue weighted by Crippen LogP contribution is 2.45. The Labute approximate surface area is 287 Å². The van der Waals surface area contributed by atoms with E-state index in [1.807, 2.05) is 12.1 Å². The molecule has 0 saturated carbocycles. The van der Waals surface area contributed by atoms with Gasteiger partial charge >= 0.3 is 16.3 Å². The number of hydrogen-bond donors (Lipinski definition) is 0. The Kier molecular flexibility index (Phi) is 10.2. The first-order valence-corrected chi connectivity index (χ1v) is 20.8. The average Bonchev–Trinajstić information content (AvgIpc) is 3.35. The molecule has 0 radical (unpaired) electrons. The van der Waals surface area contributed by atoms with Crippen LogP contribution in [-0.2, 0) is 34.5 Å². The number of aromatic nitrogens is 1. The fraction of sp³-hybridized carbons (Fsp3) is 0.343. The molecule has 1 aliphatic heterocycles. The normalized spacial score (nSPS) is 13.0. The minimum atomic E-state index is -4.50. The van der Waals surface area contributed by atoms with Crippen LogP contribution in [0.1, 0.15) is 32.6 Å². The van der Waals surface area contributed by atoms with Gasteiger partial charge in [0, 0.05) is 52.9 Å². The number of methoxy groups -OCH3 is 1. The molecule has 3 aromatic carbocycles. The molecule has 1 aliphatic rings. The second-order valence-corrected chi connectivity index (χ2v) is 20.9. The standard InChI is InChI=1S/C35H41FN4O7SSi/c1-38-21-29-30(34(38)41)33(47-22-24-10-14-27(45-4)15-11-24)31-28(19-25(20-37-31)18-23-8-12-26(36)13-9-23)32(29)39(2)48(43,44)40(3)35(42)46-16-17-49(5,6)7/h8-15,19-20H,16-18,21-22H2,1-7H3. The second kappa shape index (κ2) is 14.0. The quantitative estimate of drug-likeness (QED) is 0.159. The van der Waals surface area contributed by atoms with Gasteiger partial charge in [-0.15, -0.1) is 0 Å². The third-order valence-corrected chi connectivity index (χ3v) is 11.8. The van der Waals surface area contributed by atoms with Gasteiger partial charge in [0.25, 0.3) is 5.91 Å². The van der Waals surface area contributed by atoms with Crippen LogP contribution in [0.15, 0.2) is 60.8 Å². The number of halogens is 1. The molecule has 2 amide bonds. The number of fused-ring (bicyclic) bond motifs is 2. The van der Waals surface area contributed by atoms with Gasteiger partial charge in [-0.1, -0.05) is 43.9 Å². The lowest BCUT2D eigenvalue weighted by Crippen LogP contribution is -2.44. The molecular weight excluding hydrogens is 668 g/mol. The van der Waals surface area contributed by atoms with E-state index in [1.165, 1.54) is 24.1 Å². The smallest absolute Gasteiger partial charge is 0.424 e. The maximum Gasteiger partial charge on any atom is 0.424 e. The SMILES string of the molecule is COc1ccc(COc2c3c(c(N(C)S(=O)(=O)N(C)C(=O)OCC[Si](C)(C)C)c4cc(Cc5ccc(F)cc5)cnc24)CN(C)C3=O)cc1. The van der Waals surface area contributed by atoms with Crippen LogP contribution < -0.4 is 13.8 Å². The van der Waals surface area contributed by atoms with Crippen molar-refractivity contribution in [2.24, 2.45) is 0 Å². The van der Waals surface area contributed by atoms with E-state index in [1.54, 1.807) is 50.7 Å². The van der Waals surface area contributed by atoms with Crippen LogP contribution in [0.25, 0.3) is 10.9 Å². The van der Waals surface area contributed by atoms with Crippen molar-refractivity contribution < 1.29 is 36.6 Å². The first kappa shape index (κ1) is 35.6. The predicted octanol–water partition coefficient (Wildman–Crippen LogP) is 6.23. The number of amides is 2. The van der Waals surface area contributed by atoms with Crippen LogP contribution in [0.3, 0.4) is 0 Å². The molecule has 0 spiro atoms. The highest BCUT2D eigenvalue weighted by molar-refractivity contribution is 7.91. The summed E-state index contributed by atoms with van der Waals surface area (Å²) >= 11 is 0. The molecule has 5 rings (SSSR count). The van der Waals surface area contributed by atoms with Crippen LogP contribution in [0.5, 0.6) is 11.5 Å². The van der Waals surface area contributed by atoms with Gasteiger partial charge in [-0.3, -0.25) is 14.1 Å². The summed E-state index contributed by atoms with van der Waals surface area (Å²) in [6.45, 7) is 6.67. The van der Waals surface area contributed by atoms with E-state index < -0.39 is 24.4 Å². The topological polar surface area (TPSA) is 119 Å². The lowest BCUT2D eigenvalue weighted by atomic mass is 9.98. The van der Waals surface area contributed by atoms with Crippen molar-refractivity contribution in [3.8, 4) is 11.5 Å². The Morgan fingerprint density at radius 3 is 2.31 bits per heavy atom. The number of benzene rings is 3. The zero-order valence-corrected chi connectivity index (χ0v) is 30.6. The van der Waals surface area contributed by atoms with Crippen molar-refractivity contribution in [1.82, 2.24) is 14.2 Å².